The third-order valence-electron chi connectivity index (χ3n) is 4.00. The molecular formula is C13H19N5O. The van der Waals surface area contributed by atoms with Crippen molar-refractivity contribution >= 4 is 22.4 Å². The molecule has 0 amide bonds. The van der Waals surface area contributed by atoms with E-state index in [0.29, 0.717) is 23.2 Å². The number of aromatic nitrogens is 2. The van der Waals surface area contributed by atoms with Crippen molar-refractivity contribution in [3.05, 3.63) is 12.1 Å². The van der Waals surface area contributed by atoms with E-state index in [9.17, 15) is 0 Å². The number of nitrogen functional groups attached to an aromatic ring is 1. The Kier molecular flexibility index (Phi) is 2.82. The van der Waals surface area contributed by atoms with Gasteiger partial charge in [0.25, 0.3) is 0 Å². The Bertz CT molecular complexity index is 594. The van der Waals surface area contributed by atoms with Gasteiger partial charge in [0.15, 0.2) is 11.0 Å². The van der Waals surface area contributed by atoms with Gasteiger partial charge in [-0.1, -0.05) is 6.92 Å². The molecule has 0 radical (unpaired) electrons. The molecule has 2 heterocycles. The van der Waals surface area contributed by atoms with E-state index < -0.39 is 0 Å². The number of hydrogen-bond acceptors (Lipinski definition) is 6. The van der Waals surface area contributed by atoms with Crippen LogP contribution in [0.15, 0.2) is 16.8 Å². The third-order valence-corrected chi connectivity index (χ3v) is 4.00. The summed E-state index contributed by atoms with van der Waals surface area (Å²) in [5.41, 5.74) is 8.95. The van der Waals surface area contributed by atoms with Crippen molar-refractivity contribution in [1.82, 2.24) is 15.2 Å². The van der Waals surface area contributed by atoms with Gasteiger partial charge >= 0.3 is 0 Å². The summed E-state index contributed by atoms with van der Waals surface area (Å²) in [6.45, 7) is 4.27. The van der Waals surface area contributed by atoms with Crippen LogP contribution < -0.4 is 10.6 Å². The molecular weight excluding hydrogens is 242 g/mol. The van der Waals surface area contributed by atoms with Crippen LogP contribution in [0.1, 0.15) is 6.92 Å². The van der Waals surface area contributed by atoms with Gasteiger partial charge in [-0.2, -0.15) is 0 Å². The molecule has 6 nitrogen and oxygen atoms in total. The lowest BCUT2D eigenvalue weighted by atomic mass is 10.1. The van der Waals surface area contributed by atoms with Crippen LogP contribution in [0.25, 0.3) is 11.0 Å². The highest BCUT2D eigenvalue weighted by Crippen LogP contribution is 2.32. The number of nitrogens with zero attached hydrogens (tertiary/aromatic N) is 4. The highest BCUT2D eigenvalue weighted by Gasteiger charge is 2.32. The van der Waals surface area contributed by atoms with Crippen molar-refractivity contribution in [2.24, 2.45) is 5.92 Å². The summed E-state index contributed by atoms with van der Waals surface area (Å²) >= 11 is 0. The van der Waals surface area contributed by atoms with Gasteiger partial charge in [0.1, 0.15) is 0 Å². The Morgan fingerprint density at radius 3 is 2.68 bits per heavy atom. The van der Waals surface area contributed by atoms with Gasteiger partial charge in [0.05, 0.1) is 11.4 Å². The molecule has 102 valence electrons. The lowest BCUT2D eigenvalue weighted by molar-refractivity contribution is 0.266. The van der Waals surface area contributed by atoms with Crippen LogP contribution in [-0.4, -0.2) is 48.4 Å². The van der Waals surface area contributed by atoms with Crippen LogP contribution in [0.2, 0.25) is 0 Å². The second kappa shape index (κ2) is 4.38. The van der Waals surface area contributed by atoms with E-state index in [2.05, 4.69) is 41.1 Å². The molecule has 1 aliphatic heterocycles. The first-order valence-corrected chi connectivity index (χ1v) is 6.50. The van der Waals surface area contributed by atoms with Gasteiger partial charge in [0.2, 0.25) is 0 Å². The molecule has 0 spiro atoms. The molecule has 1 fully saturated rings. The first-order chi connectivity index (χ1) is 9.08. The Morgan fingerprint density at radius 2 is 2.00 bits per heavy atom. The summed E-state index contributed by atoms with van der Waals surface area (Å²) in [5.74, 6) is 0.613. The Hall–Kier alpha value is -1.82. The predicted octanol–water partition coefficient (Wildman–Crippen LogP) is 1.19. The molecule has 0 saturated carbocycles. The average molecular weight is 261 g/mol. The van der Waals surface area contributed by atoms with E-state index in [4.69, 9.17) is 10.4 Å². The molecule has 0 aliphatic carbocycles. The van der Waals surface area contributed by atoms with E-state index in [0.717, 1.165) is 24.3 Å². The Labute approximate surface area is 112 Å². The lowest BCUT2D eigenvalue weighted by Gasteiger charge is -2.23. The maximum Gasteiger partial charge on any atom is 0.160 e. The molecule has 6 heteroatoms. The molecule has 2 aromatic rings. The molecule has 0 bridgehead atoms. The minimum absolute atomic E-state index is 0.549. The summed E-state index contributed by atoms with van der Waals surface area (Å²) in [6, 6.07) is 4.43. The quantitative estimate of drug-likeness (QED) is 0.819. The van der Waals surface area contributed by atoms with Crippen LogP contribution in [-0.2, 0) is 0 Å². The van der Waals surface area contributed by atoms with Crippen LogP contribution in [0, 0.1) is 5.92 Å². The summed E-state index contributed by atoms with van der Waals surface area (Å²) in [5, 5.41) is 7.87. The monoisotopic (exact) mass is 261 g/mol. The van der Waals surface area contributed by atoms with Crippen LogP contribution in [0.5, 0.6) is 0 Å². The zero-order valence-electron chi connectivity index (χ0n) is 11.5. The summed E-state index contributed by atoms with van der Waals surface area (Å²) in [7, 11) is 4.25. The average Bonchev–Trinajstić information content (AvgIpc) is 2.96. The van der Waals surface area contributed by atoms with Gasteiger partial charge < -0.3 is 15.5 Å². The normalized spacial score (nSPS) is 23.7. The number of benzene rings is 1. The first-order valence-electron chi connectivity index (χ1n) is 6.50. The van der Waals surface area contributed by atoms with Crippen LogP contribution >= 0.6 is 0 Å². The fourth-order valence-corrected chi connectivity index (χ4v) is 2.95. The molecule has 2 atom stereocenters. The zero-order chi connectivity index (χ0) is 13.6. The molecule has 1 aromatic carbocycles. The van der Waals surface area contributed by atoms with E-state index in [1.807, 2.05) is 12.1 Å². The number of fused-ring (bicyclic) bond motifs is 1. The lowest BCUT2D eigenvalue weighted by Crippen LogP contribution is -2.34. The zero-order valence-corrected chi connectivity index (χ0v) is 11.5. The Balaban J connectivity index is 1.98. The van der Waals surface area contributed by atoms with Gasteiger partial charge in [-0.25, -0.2) is 4.63 Å². The highest BCUT2D eigenvalue weighted by molar-refractivity contribution is 5.95. The fraction of sp³-hybridized carbons (Fsp3) is 0.538. The molecule has 2 unspecified atom stereocenters. The standard InChI is InChI=1S/C13H19N5O/c1-8-6-18(7-11(8)17(2)3)10-5-4-9(14)12-13(10)16-19-15-12/h4-5,8,11H,6-7,14H2,1-3H3. The molecule has 1 saturated heterocycles. The van der Waals surface area contributed by atoms with Crippen molar-refractivity contribution in [3.63, 3.8) is 0 Å². The van der Waals surface area contributed by atoms with Crippen molar-refractivity contribution in [2.45, 2.75) is 13.0 Å². The number of hydrogen-bond donors (Lipinski definition) is 1. The second-order valence-corrected chi connectivity index (χ2v) is 5.55. The van der Waals surface area contributed by atoms with Crippen molar-refractivity contribution in [1.29, 1.82) is 0 Å². The highest BCUT2D eigenvalue weighted by atomic mass is 16.6. The van der Waals surface area contributed by atoms with Gasteiger partial charge in [-0.3, -0.25) is 0 Å². The summed E-state index contributed by atoms with van der Waals surface area (Å²) in [6.07, 6.45) is 0. The molecule has 3 rings (SSSR count). The largest absolute Gasteiger partial charge is 0.397 e. The third kappa shape index (κ3) is 1.92. The molecule has 2 N–H and O–H groups in total. The van der Waals surface area contributed by atoms with E-state index in [1.54, 1.807) is 0 Å². The van der Waals surface area contributed by atoms with E-state index in [1.165, 1.54) is 0 Å². The number of nitrogens with two attached hydrogens (primary N) is 1. The summed E-state index contributed by atoms with van der Waals surface area (Å²) in [4.78, 5) is 4.61. The minimum Gasteiger partial charge on any atom is -0.397 e. The van der Waals surface area contributed by atoms with Gasteiger partial charge in [0, 0.05) is 19.1 Å². The van der Waals surface area contributed by atoms with Crippen LogP contribution in [0.3, 0.4) is 0 Å². The number of likely N-dealkylation sites (N-methyl/N-ethyl adjacent to an activating group) is 1. The van der Waals surface area contributed by atoms with Crippen molar-refractivity contribution in [3.8, 4) is 0 Å². The number of rotatable bonds is 2. The van der Waals surface area contributed by atoms with Crippen molar-refractivity contribution < 1.29 is 4.63 Å². The van der Waals surface area contributed by atoms with Crippen LogP contribution in [0.4, 0.5) is 11.4 Å². The minimum atomic E-state index is 0.549. The SMILES string of the molecule is CC1CN(c2ccc(N)c3nonc23)CC1N(C)C. The van der Waals surface area contributed by atoms with Crippen molar-refractivity contribution in [2.75, 3.05) is 37.8 Å². The predicted molar refractivity (Wildman–Crippen MR) is 75.1 cm³/mol. The van der Waals surface area contributed by atoms with E-state index >= 15 is 0 Å². The van der Waals surface area contributed by atoms with Gasteiger partial charge in [-0.05, 0) is 42.5 Å². The Morgan fingerprint density at radius 1 is 1.26 bits per heavy atom. The maximum absolute atomic E-state index is 5.88. The number of anilines is 2. The molecule has 19 heavy (non-hydrogen) atoms. The second-order valence-electron chi connectivity index (χ2n) is 5.55. The van der Waals surface area contributed by atoms with E-state index in [-0.39, 0.29) is 0 Å². The fourth-order valence-electron chi connectivity index (χ4n) is 2.95. The molecule has 1 aromatic heterocycles. The molecule has 1 aliphatic rings. The van der Waals surface area contributed by atoms with Gasteiger partial charge in [-0.15, -0.1) is 0 Å². The maximum atomic E-state index is 5.88. The first kappa shape index (κ1) is 12.2. The summed E-state index contributed by atoms with van der Waals surface area (Å²) < 4.78 is 4.83. The smallest absolute Gasteiger partial charge is 0.160 e. The topological polar surface area (TPSA) is 71.4 Å².